The number of hydrogen-bond acceptors (Lipinski definition) is 5. The number of hydrogen-bond donors (Lipinski definition) is 1. The molecule has 2 aromatic rings. The van der Waals surface area contributed by atoms with Crippen LogP contribution in [0.25, 0.3) is 0 Å². The summed E-state index contributed by atoms with van der Waals surface area (Å²) in [4.78, 5) is 27.7. The lowest BCUT2D eigenvalue weighted by atomic mass is 9.83. The first-order valence-electron chi connectivity index (χ1n) is 12.0. The van der Waals surface area contributed by atoms with Crippen molar-refractivity contribution in [2.45, 2.75) is 68.2 Å². The molecular formula is C26H30N2O5S. The molecule has 34 heavy (non-hydrogen) atoms. The molecule has 8 heteroatoms. The molecule has 180 valence electrons. The maximum Gasteiger partial charge on any atom is 0.264 e. The van der Waals surface area contributed by atoms with Crippen LogP contribution in [0.3, 0.4) is 0 Å². The molecule has 2 aromatic carbocycles. The van der Waals surface area contributed by atoms with E-state index in [4.69, 9.17) is 4.74 Å². The molecule has 0 bridgehead atoms. The van der Waals surface area contributed by atoms with Gasteiger partial charge in [0.25, 0.3) is 21.8 Å². The molecule has 1 unspecified atom stereocenters. The van der Waals surface area contributed by atoms with Crippen LogP contribution in [0.5, 0.6) is 5.75 Å². The van der Waals surface area contributed by atoms with E-state index in [0.717, 1.165) is 5.56 Å². The molecule has 1 N–H and O–H groups in total. The van der Waals surface area contributed by atoms with Gasteiger partial charge in [-0.2, -0.15) is 0 Å². The average molecular weight is 483 g/mol. The average Bonchev–Trinajstić information content (AvgIpc) is 3.31. The van der Waals surface area contributed by atoms with E-state index < -0.39 is 21.5 Å². The Balaban J connectivity index is 1.28. The Labute approximate surface area is 200 Å². The highest BCUT2D eigenvalue weighted by Crippen LogP contribution is 2.35. The number of benzene rings is 2. The molecule has 5 rings (SSSR count). The number of ether oxygens (including phenoxy) is 1. The molecule has 2 heterocycles. The summed E-state index contributed by atoms with van der Waals surface area (Å²) < 4.78 is 33.4. The smallest absolute Gasteiger partial charge is 0.264 e. The highest BCUT2D eigenvalue weighted by molar-refractivity contribution is 7.90. The Morgan fingerprint density at radius 2 is 1.79 bits per heavy atom. The van der Waals surface area contributed by atoms with Gasteiger partial charge in [-0.1, -0.05) is 31.4 Å². The van der Waals surface area contributed by atoms with E-state index in [0.29, 0.717) is 43.2 Å². The number of carbonyl (C=O) groups is 2. The number of nitrogens with zero attached hydrogens (tertiary/aromatic N) is 1. The Bertz CT molecular complexity index is 1220. The van der Waals surface area contributed by atoms with Gasteiger partial charge in [0, 0.05) is 18.5 Å². The second-order valence-electron chi connectivity index (χ2n) is 9.74. The summed E-state index contributed by atoms with van der Waals surface area (Å²) in [6.45, 7) is 2.54. The van der Waals surface area contributed by atoms with Gasteiger partial charge in [0.15, 0.2) is 0 Å². The first-order chi connectivity index (χ1) is 16.3. The summed E-state index contributed by atoms with van der Waals surface area (Å²) in [6, 6.07) is 12.3. The van der Waals surface area contributed by atoms with Gasteiger partial charge in [0.05, 0.1) is 11.5 Å². The summed E-state index contributed by atoms with van der Waals surface area (Å²) in [7, 11) is -4.07. The lowest BCUT2D eigenvalue weighted by Crippen LogP contribution is -2.67. The normalized spacial score (nSPS) is 22.4. The Hall–Kier alpha value is -2.87. The van der Waals surface area contributed by atoms with Crippen LogP contribution >= 0.6 is 0 Å². The minimum absolute atomic E-state index is 0.0178. The quantitative estimate of drug-likeness (QED) is 0.700. The van der Waals surface area contributed by atoms with Crippen LogP contribution in [0.2, 0.25) is 0 Å². The van der Waals surface area contributed by atoms with E-state index >= 15 is 0 Å². The molecule has 0 radical (unpaired) electrons. The summed E-state index contributed by atoms with van der Waals surface area (Å²) in [6.07, 6.45) is 7.18. The molecule has 1 atom stereocenters. The Kier molecular flexibility index (Phi) is 5.88. The topological polar surface area (TPSA) is 92.8 Å². The molecule has 1 saturated heterocycles. The molecule has 2 aliphatic heterocycles. The van der Waals surface area contributed by atoms with Crippen LogP contribution in [0.4, 0.5) is 0 Å². The van der Waals surface area contributed by atoms with E-state index in [1.54, 1.807) is 13.0 Å². The van der Waals surface area contributed by atoms with Crippen molar-refractivity contribution in [3.05, 3.63) is 59.2 Å². The van der Waals surface area contributed by atoms with Crippen molar-refractivity contribution in [1.82, 2.24) is 9.62 Å². The van der Waals surface area contributed by atoms with Gasteiger partial charge in [-0.15, -0.1) is 0 Å². The zero-order valence-electron chi connectivity index (χ0n) is 19.4. The number of nitrogens with one attached hydrogen (secondary N) is 1. The van der Waals surface area contributed by atoms with Crippen molar-refractivity contribution in [1.29, 1.82) is 0 Å². The van der Waals surface area contributed by atoms with Crippen LogP contribution in [0.15, 0.2) is 47.4 Å². The fourth-order valence-electron chi connectivity index (χ4n) is 5.23. The third kappa shape index (κ3) is 4.08. The minimum atomic E-state index is -4.07. The molecule has 0 aromatic heterocycles. The van der Waals surface area contributed by atoms with E-state index in [1.807, 2.05) is 24.3 Å². The predicted molar refractivity (Wildman–Crippen MR) is 127 cm³/mol. The molecule has 2 fully saturated rings. The van der Waals surface area contributed by atoms with Crippen molar-refractivity contribution in [2.75, 3.05) is 13.2 Å². The lowest BCUT2D eigenvalue weighted by molar-refractivity contribution is -0.135. The first-order valence-corrected chi connectivity index (χ1v) is 13.5. The van der Waals surface area contributed by atoms with E-state index in [2.05, 4.69) is 4.72 Å². The maximum absolute atomic E-state index is 13.2. The zero-order chi connectivity index (χ0) is 23.9. The Morgan fingerprint density at radius 1 is 1.06 bits per heavy atom. The van der Waals surface area contributed by atoms with Crippen molar-refractivity contribution >= 4 is 21.8 Å². The number of likely N-dealkylation sites (tertiary alicyclic amines) is 1. The van der Waals surface area contributed by atoms with Crippen molar-refractivity contribution in [3.63, 3.8) is 0 Å². The second kappa shape index (κ2) is 8.73. The highest BCUT2D eigenvalue weighted by atomic mass is 32.2. The monoisotopic (exact) mass is 482 g/mol. The summed E-state index contributed by atoms with van der Waals surface area (Å²) >= 11 is 0. The molecule has 3 aliphatic rings. The van der Waals surface area contributed by atoms with Crippen molar-refractivity contribution < 1.29 is 22.7 Å². The zero-order valence-corrected chi connectivity index (χ0v) is 20.2. The minimum Gasteiger partial charge on any atom is -0.493 e. The molecular weight excluding hydrogens is 452 g/mol. The Morgan fingerprint density at radius 3 is 2.47 bits per heavy atom. The van der Waals surface area contributed by atoms with Gasteiger partial charge in [-0.05, 0) is 73.6 Å². The second-order valence-corrected chi connectivity index (χ2v) is 11.4. The first kappa shape index (κ1) is 22.9. The van der Waals surface area contributed by atoms with E-state index in [9.17, 15) is 18.0 Å². The largest absolute Gasteiger partial charge is 0.493 e. The predicted octanol–water partition coefficient (Wildman–Crippen LogP) is 3.78. The van der Waals surface area contributed by atoms with Crippen molar-refractivity contribution in [2.24, 2.45) is 0 Å². The number of carbonyl (C=O) groups excluding carboxylic acids is 2. The van der Waals surface area contributed by atoms with Crippen LogP contribution < -0.4 is 9.46 Å². The summed E-state index contributed by atoms with van der Waals surface area (Å²) in [5.41, 5.74) is 1.36. The molecule has 7 nitrogen and oxygen atoms in total. The molecule has 1 aliphatic carbocycles. The molecule has 1 saturated carbocycles. The molecule has 2 amide bonds. The fraction of sp³-hybridized carbons (Fsp3) is 0.462. The van der Waals surface area contributed by atoms with Gasteiger partial charge in [-0.3, -0.25) is 9.59 Å². The highest BCUT2D eigenvalue weighted by Gasteiger charge is 2.50. The standard InChI is InChI=1S/C26H30N2O5S/c1-26(25(30)27-34(31,32)22-11-12-23-21(17-22)13-16-33-23)14-15-28(26)24(29)20-9-7-19(8-10-20)18-5-3-2-4-6-18/h7-12,17-18H,2-6,13-16H2,1H3,(H,27,30). The third-order valence-corrected chi connectivity index (χ3v) is 8.91. The van der Waals surface area contributed by atoms with Gasteiger partial charge >= 0.3 is 0 Å². The lowest BCUT2D eigenvalue weighted by Gasteiger charge is -2.48. The summed E-state index contributed by atoms with van der Waals surface area (Å²) in [5.74, 6) is 0.269. The van der Waals surface area contributed by atoms with Crippen LogP contribution in [0, 0.1) is 0 Å². The van der Waals surface area contributed by atoms with E-state index in [-0.39, 0.29) is 10.8 Å². The number of amides is 2. The number of fused-ring (bicyclic) bond motifs is 1. The van der Waals surface area contributed by atoms with Crippen LogP contribution in [0.1, 0.15) is 72.9 Å². The van der Waals surface area contributed by atoms with Gasteiger partial charge in [0.2, 0.25) is 0 Å². The molecule has 0 spiro atoms. The fourth-order valence-corrected chi connectivity index (χ4v) is 6.36. The van der Waals surface area contributed by atoms with Crippen LogP contribution in [-0.4, -0.2) is 43.8 Å². The van der Waals surface area contributed by atoms with Crippen molar-refractivity contribution in [3.8, 4) is 5.75 Å². The third-order valence-electron chi connectivity index (χ3n) is 7.58. The van der Waals surface area contributed by atoms with Crippen LogP contribution in [-0.2, 0) is 21.2 Å². The van der Waals surface area contributed by atoms with E-state index in [1.165, 1.54) is 54.7 Å². The number of sulfonamides is 1. The summed E-state index contributed by atoms with van der Waals surface area (Å²) in [5, 5.41) is 0. The maximum atomic E-state index is 13.2. The number of rotatable bonds is 5. The SMILES string of the molecule is CC1(C(=O)NS(=O)(=O)c2ccc3c(c2)CCO3)CCN1C(=O)c1ccc(C2CCCCC2)cc1. The van der Waals surface area contributed by atoms with Gasteiger partial charge in [-0.25, -0.2) is 13.1 Å². The van der Waals surface area contributed by atoms with Gasteiger partial charge in [0.1, 0.15) is 11.3 Å². The van der Waals surface area contributed by atoms with Gasteiger partial charge < -0.3 is 9.64 Å².